The van der Waals surface area contributed by atoms with Gasteiger partial charge in [-0.1, -0.05) is 60.1 Å². The molecule has 1 atom stereocenters. The summed E-state index contributed by atoms with van der Waals surface area (Å²) in [5, 5.41) is 3.94. The molecule has 0 aliphatic rings. The summed E-state index contributed by atoms with van der Waals surface area (Å²) in [6.07, 6.45) is 0.252. The second-order valence-corrected chi connectivity index (χ2v) is 6.19. The van der Waals surface area contributed by atoms with Crippen molar-refractivity contribution >= 4 is 23.1 Å². The molecule has 3 rings (SSSR count). The van der Waals surface area contributed by atoms with E-state index in [9.17, 15) is 9.18 Å². The Bertz CT molecular complexity index is 849. The third kappa shape index (κ3) is 4.68. The molecule has 0 amide bonds. The van der Waals surface area contributed by atoms with Crippen LogP contribution < -0.4 is 5.32 Å². The van der Waals surface area contributed by atoms with Crippen LogP contribution in [0.1, 0.15) is 28.4 Å². The molecule has 25 heavy (non-hydrogen) atoms. The minimum Gasteiger partial charge on any atom is -0.378 e. The van der Waals surface area contributed by atoms with Gasteiger partial charge in [0.2, 0.25) is 0 Å². The zero-order valence-electron chi connectivity index (χ0n) is 13.5. The number of ketones is 1. The van der Waals surface area contributed by atoms with Gasteiger partial charge >= 0.3 is 0 Å². The van der Waals surface area contributed by atoms with Crippen molar-refractivity contribution in [3.8, 4) is 0 Å². The SMILES string of the molecule is O=C(C[C@@H](Nc1cccc(Cl)c1)c1ccc(F)cc1)c1ccccc1. The molecule has 3 aromatic carbocycles. The van der Waals surface area contributed by atoms with Gasteiger partial charge in [0.25, 0.3) is 0 Å². The van der Waals surface area contributed by atoms with Crippen LogP contribution in [0.2, 0.25) is 5.02 Å². The van der Waals surface area contributed by atoms with E-state index in [2.05, 4.69) is 5.32 Å². The predicted octanol–water partition coefficient (Wildman–Crippen LogP) is 5.91. The van der Waals surface area contributed by atoms with Crippen molar-refractivity contribution in [2.45, 2.75) is 12.5 Å². The Labute approximate surface area is 151 Å². The maximum absolute atomic E-state index is 13.3. The first kappa shape index (κ1) is 17.2. The minimum absolute atomic E-state index is 0.0180. The van der Waals surface area contributed by atoms with Crippen molar-refractivity contribution in [1.29, 1.82) is 0 Å². The number of halogens is 2. The third-order valence-electron chi connectivity index (χ3n) is 3.92. The van der Waals surface area contributed by atoms with Gasteiger partial charge < -0.3 is 5.32 Å². The number of rotatable bonds is 6. The van der Waals surface area contributed by atoms with E-state index in [4.69, 9.17) is 11.6 Å². The fraction of sp³-hybridized carbons (Fsp3) is 0.0952. The Morgan fingerprint density at radius 2 is 1.68 bits per heavy atom. The Morgan fingerprint density at radius 3 is 2.36 bits per heavy atom. The molecule has 2 nitrogen and oxygen atoms in total. The molecule has 0 spiro atoms. The van der Waals surface area contributed by atoms with Crippen LogP contribution in [-0.2, 0) is 0 Å². The smallest absolute Gasteiger partial charge is 0.165 e. The van der Waals surface area contributed by atoms with Crippen molar-refractivity contribution in [2.24, 2.45) is 0 Å². The van der Waals surface area contributed by atoms with E-state index < -0.39 is 0 Å². The molecule has 126 valence electrons. The van der Waals surface area contributed by atoms with Crippen LogP contribution in [0, 0.1) is 5.82 Å². The second-order valence-electron chi connectivity index (χ2n) is 5.75. The number of hydrogen-bond donors (Lipinski definition) is 1. The highest BCUT2D eigenvalue weighted by molar-refractivity contribution is 6.30. The fourth-order valence-corrected chi connectivity index (χ4v) is 2.84. The summed E-state index contributed by atoms with van der Waals surface area (Å²) in [5.41, 5.74) is 2.30. The number of carbonyl (C=O) groups excluding carboxylic acids is 1. The lowest BCUT2D eigenvalue weighted by Crippen LogP contribution is -2.16. The maximum atomic E-state index is 13.3. The fourth-order valence-electron chi connectivity index (χ4n) is 2.65. The number of Topliss-reactive ketones (excluding diaryl/α,β-unsaturated/α-hetero) is 1. The van der Waals surface area contributed by atoms with Crippen molar-refractivity contribution in [2.75, 3.05) is 5.32 Å². The minimum atomic E-state index is -0.306. The van der Waals surface area contributed by atoms with E-state index in [1.807, 2.05) is 30.3 Å². The van der Waals surface area contributed by atoms with Crippen LogP contribution >= 0.6 is 11.6 Å². The number of anilines is 1. The third-order valence-corrected chi connectivity index (χ3v) is 4.16. The summed E-state index contributed by atoms with van der Waals surface area (Å²) >= 11 is 6.04. The number of hydrogen-bond acceptors (Lipinski definition) is 2. The lowest BCUT2D eigenvalue weighted by Gasteiger charge is -2.20. The average molecular weight is 354 g/mol. The Balaban J connectivity index is 1.86. The van der Waals surface area contributed by atoms with Crippen LogP contribution in [-0.4, -0.2) is 5.78 Å². The molecule has 0 aromatic heterocycles. The first-order chi connectivity index (χ1) is 12.1. The molecule has 3 aromatic rings. The lowest BCUT2D eigenvalue weighted by atomic mass is 9.97. The molecule has 0 unspecified atom stereocenters. The van der Waals surface area contributed by atoms with Crippen molar-refractivity contribution < 1.29 is 9.18 Å². The molecule has 0 radical (unpaired) electrons. The molecular formula is C21H17ClFNO. The normalized spacial score (nSPS) is 11.8. The van der Waals surface area contributed by atoms with E-state index >= 15 is 0 Å². The van der Waals surface area contributed by atoms with Crippen LogP contribution in [0.25, 0.3) is 0 Å². The first-order valence-corrected chi connectivity index (χ1v) is 8.35. The standard InChI is InChI=1S/C21H17ClFNO/c22-17-7-4-8-19(13-17)24-20(15-9-11-18(23)12-10-15)14-21(25)16-5-2-1-3-6-16/h1-13,20,24H,14H2/t20-/m1/s1. The van der Waals surface area contributed by atoms with E-state index in [1.165, 1.54) is 12.1 Å². The maximum Gasteiger partial charge on any atom is 0.165 e. The Kier molecular flexibility index (Phi) is 5.46. The Morgan fingerprint density at radius 1 is 0.960 bits per heavy atom. The Hall–Kier alpha value is -2.65. The molecule has 0 aliphatic heterocycles. The summed E-state index contributed by atoms with van der Waals surface area (Å²) in [7, 11) is 0. The second kappa shape index (κ2) is 7.95. The van der Waals surface area contributed by atoms with Crippen molar-refractivity contribution in [1.82, 2.24) is 0 Å². The number of carbonyl (C=O) groups is 1. The lowest BCUT2D eigenvalue weighted by molar-refractivity contribution is 0.0976. The highest BCUT2D eigenvalue weighted by atomic mass is 35.5. The molecule has 0 aliphatic carbocycles. The largest absolute Gasteiger partial charge is 0.378 e. The summed E-state index contributed by atoms with van der Waals surface area (Å²) in [6, 6.07) is 22.3. The zero-order chi connectivity index (χ0) is 17.6. The van der Waals surface area contributed by atoms with Crippen molar-refractivity contribution in [3.05, 3.63) is 101 Å². The van der Waals surface area contributed by atoms with Crippen LogP contribution in [0.3, 0.4) is 0 Å². The van der Waals surface area contributed by atoms with E-state index in [1.54, 1.807) is 36.4 Å². The summed E-state index contributed by atoms with van der Waals surface area (Å²) in [6.45, 7) is 0. The van der Waals surface area contributed by atoms with E-state index in [-0.39, 0.29) is 24.1 Å². The monoisotopic (exact) mass is 353 g/mol. The van der Waals surface area contributed by atoms with Gasteiger partial charge in [0.1, 0.15) is 5.82 Å². The first-order valence-electron chi connectivity index (χ1n) is 7.97. The van der Waals surface area contributed by atoms with Gasteiger partial charge in [0.05, 0.1) is 6.04 Å². The van der Waals surface area contributed by atoms with Crippen molar-refractivity contribution in [3.63, 3.8) is 0 Å². The number of benzene rings is 3. The average Bonchev–Trinajstić information content (AvgIpc) is 2.62. The molecular weight excluding hydrogens is 337 g/mol. The number of nitrogens with one attached hydrogen (secondary N) is 1. The van der Waals surface area contributed by atoms with Gasteiger partial charge in [-0.2, -0.15) is 0 Å². The predicted molar refractivity (Wildman–Crippen MR) is 99.6 cm³/mol. The van der Waals surface area contributed by atoms with E-state index in [0.717, 1.165) is 11.3 Å². The molecule has 0 saturated carbocycles. The van der Waals surface area contributed by atoms with Gasteiger partial charge in [0, 0.05) is 22.7 Å². The van der Waals surface area contributed by atoms with Gasteiger partial charge in [-0.25, -0.2) is 4.39 Å². The van der Waals surface area contributed by atoms with Gasteiger partial charge in [-0.3, -0.25) is 4.79 Å². The van der Waals surface area contributed by atoms with Gasteiger partial charge in [0.15, 0.2) is 5.78 Å². The quantitative estimate of drug-likeness (QED) is 0.558. The van der Waals surface area contributed by atoms with Gasteiger partial charge in [-0.15, -0.1) is 0 Å². The van der Waals surface area contributed by atoms with E-state index in [0.29, 0.717) is 10.6 Å². The van der Waals surface area contributed by atoms with Crippen LogP contribution in [0.4, 0.5) is 10.1 Å². The molecule has 4 heteroatoms. The molecule has 0 saturated heterocycles. The summed E-state index contributed by atoms with van der Waals surface area (Å²) < 4.78 is 13.3. The highest BCUT2D eigenvalue weighted by Crippen LogP contribution is 2.26. The molecule has 0 fully saturated rings. The van der Waals surface area contributed by atoms with Crippen LogP contribution in [0.15, 0.2) is 78.9 Å². The van der Waals surface area contributed by atoms with Crippen LogP contribution in [0.5, 0.6) is 0 Å². The summed E-state index contributed by atoms with van der Waals surface area (Å²) in [4.78, 5) is 12.6. The highest BCUT2D eigenvalue weighted by Gasteiger charge is 2.17. The topological polar surface area (TPSA) is 29.1 Å². The molecule has 0 bridgehead atoms. The zero-order valence-corrected chi connectivity index (χ0v) is 14.2. The molecule has 1 N–H and O–H groups in total. The molecule has 0 heterocycles. The van der Waals surface area contributed by atoms with Gasteiger partial charge in [-0.05, 0) is 35.9 Å². The summed E-state index contributed by atoms with van der Waals surface area (Å²) in [5.74, 6) is -0.288.